The summed E-state index contributed by atoms with van der Waals surface area (Å²) in [5, 5.41) is 0. The van der Waals surface area contributed by atoms with E-state index in [1.807, 2.05) is 61.5 Å². The number of ether oxygens (including phenoxy) is 2. The number of aryl methyl sites for hydroxylation is 1. The Labute approximate surface area is 160 Å². The average Bonchev–Trinajstić information content (AvgIpc) is 2.64. The van der Waals surface area contributed by atoms with Crippen molar-refractivity contribution in [3.8, 4) is 17.2 Å². The molecular weight excluding hydrogens is 360 g/mol. The summed E-state index contributed by atoms with van der Waals surface area (Å²) in [4.78, 5) is 0. The maximum atomic E-state index is 12.8. The van der Waals surface area contributed by atoms with Crippen LogP contribution in [0.4, 0.5) is 0 Å². The van der Waals surface area contributed by atoms with E-state index in [0.29, 0.717) is 28.4 Å². The lowest BCUT2D eigenvalue weighted by Gasteiger charge is -2.13. The lowest BCUT2D eigenvalue weighted by atomic mass is 10.1. The molecule has 0 aliphatic heterocycles. The van der Waals surface area contributed by atoms with Crippen LogP contribution in [-0.4, -0.2) is 15.5 Å². The SMILES string of the molecule is COc1ccc(C)cc1CS(=O)(=O)Cc1ccccc1Oc1ccccc1. The second-order valence-electron chi connectivity index (χ2n) is 6.37. The van der Waals surface area contributed by atoms with Gasteiger partial charge >= 0.3 is 0 Å². The highest BCUT2D eigenvalue weighted by atomic mass is 32.2. The smallest absolute Gasteiger partial charge is 0.158 e. The molecule has 0 fully saturated rings. The van der Waals surface area contributed by atoms with Crippen LogP contribution in [-0.2, 0) is 21.3 Å². The second kappa shape index (κ2) is 8.27. The van der Waals surface area contributed by atoms with Gasteiger partial charge in [-0.05, 0) is 31.2 Å². The lowest BCUT2D eigenvalue weighted by Crippen LogP contribution is -2.09. The van der Waals surface area contributed by atoms with Crippen LogP contribution in [0.3, 0.4) is 0 Å². The summed E-state index contributed by atoms with van der Waals surface area (Å²) in [6.45, 7) is 1.93. The summed E-state index contributed by atoms with van der Waals surface area (Å²) < 4.78 is 36.9. The summed E-state index contributed by atoms with van der Waals surface area (Å²) in [7, 11) is -1.87. The molecule has 27 heavy (non-hydrogen) atoms. The van der Waals surface area contributed by atoms with Crippen LogP contribution in [0, 0.1) is 6.92 Å². The molecule has 0 N–H and O–H groups in total. The summed E-state index contributed by atoms with van der Waals surface area (Å²) in [6.07, 6.45) is 0. The number of para-hydroxylation sites is 2. The Bertz CT molecular complexity index is 1010. The van der Waals surface area contributed by atoms with E-state index >= 15 is 0 Å². The fourth-order valence-electron chi connectivity index (χ4n) is 2.88. The van der Waals surface area contributed by atoms with Crippen molar-refractivity contribution in [2.75, 3.05) is 7.11 Å². The predicted molar refractivity (Wildman–Crippen MR) is 107 cm³/mol. The highest BCUT2D eigenvalue weighted by Crippen LogP contribution is 2.28. The van der Waals surface area contributed by atoms with Gasteiger partial charge in [0.25, 0.3) is 0 Å². The van der Waals surface area contributed by atoms with E-state index in [0.717, 1.165) is 5.56 Å². The first-order chi connectivity index (χ1) is 13.0. The fraction of sp³-hybridized carbons (Fsp3) is 0.182. The first-order valence-electron chi connectivity index (χ1n) is 8.61. The molecule has 0 unspecified atom stereocenters. The van der Waals surface area contributed by atoms with Gasteiger partial charge in [0.2, 0.25) is 0 Å². The minimum Gasteiger partial charge on any atom is -0.496 e. The predicted octanol–water partition coefficient (Wildman–Crippen LogP) is 4.91. The summed E-state index contributed by atoms with van der Waals surface area (Å²) in [5.74, 6) is 1.61. The normalized spacial score (nSPS) is 11.2. The van der Waals surface area contributed by atoms with Crippen LogP contribution in [0.5, 0.6) is 17.2 Å². The molecule has 0 heterocycles. The van der Waals surface area contributed by atoms with Crippen LogP contribution in [0.15, 0.2) is 72.8 Å². The molecule has 3 rings (SSSR count). The van der Waals surface area contributed by atoms with Crippen molar-refractivity contribution >= 4 is 9.84 Å². The fourth-order valence-corrected chi connectivity index (χ4v) is 4.40. The molecule has 3 aromatic rings. The second-order valence-corrected chi connectivity index (χ2v) is 8.43. The largest absolute Gasteiger partial charge is 0.496 e. The van der Waals surface area contributed by atoms with Gasteiger partial charge in [-0.15, -0.1) is 0 Å². The number of benzene rings is 3. The zero-order chi connectivity index (χ0) is 19.3. The quantitative estimate of drug-likeness (QED) is 0.582. The van der Waals surface area contributed by atoms with E-state index in [1.54, 1.807) is 25.3 Å². The lowest BCUT2D eigenvalue weighted by molar-refractivity contribution is 0.411. The van der Waals surface area contributed by atoms with Gasteiger partial charge in [-0.1, -0.05) is 54.1 Å². The Kier molecular flexibility index (Phi) is 5.81. The molecule has 140 valence electrons. The molecule has 0 aliphatic carbocycles. The van der Waals surface area contributed by atoms with Crippen molar-refractivity contribution in [2.45, 2.75) is 18.4 Å². The minimum absolute atomic E-state index is 0.0858. The molecule has 4 nitrogen and oxygen atoms in total. The summed E-state index contributed by atoms with van der Waals surface area (Å²) >= 11 is 0. The highest BCUT2D eigenvalue weighted by molar-refractivity contribution is 7.89. The topological polar surface area (TPSA) is 52.6 Å². The molecule has 0 radical (unpaired) electrons. The molecule has 5 heteroatoms. The van der Waals surface area contributed by atoms with Crippen LogP contribution in [0.1, 0.15) is 16.7 Å². The van der Waals surface area contributed by atoms with E-state index in [9.17, 15) is 8.42 Å². The molecule has 0 aromatic heterocycles. The van der Waals surface area contributed by atoms with Gasteiger partial charge in [-0.2, -0.15) is 0 Å². The van der Waals surface area contributed by atoms with Crippen molar-refractivity contribution in [1.82, 2.24) is 0 Å². The van der Waals surface area contributed by atoms with Gasteiger partial charge < -0.3 is 9.47 Å². The number of hydrogen-bond donors (Lipinski definition) is 0. The summed E-state index contributed by atoms with van der Waals surface area (Å²) in [6, 6.07) is 22.1. The van der Waals surface area contributed by atoms with E-state index in [2.05, 4.69) is 0 Å². The van der Waals surface area contributed by atoms with Gasteiger partial charge in [0.15, 0.2) is 9.84 Å². The van der Waals surface area contributed by atoms with Gasteiger partial charge in [0.05, 0.1) is 18.6 Å². The number of methoxy groups -OCH3 is 1. The van der Waals surface area contributed by atoms with Crippen molar-refractivity contribution in [2.24, 2.45) is 0 Å². The van der Waals surface area contributed by atoms with E-state index < -0.39 is 9.84 Å². The molecule has 0 atom stereocenters. The van der Waals surface area contributed by atoms with E-state index in [4.69, 9.17) is 9.47 Å². The van der Waals surface area contributed by atoms with Crippen LogP contribution in [0.25, 0.3) is 0 Å². The zero-order valence-corrected chi connectivity index (χ0v) is 16.2. The molecule has 0 bridgehead atoms. The standard InChI is InChI=1S/C22H22O4S/c1-17-12-13-21(25-2)19(14-17)16-27(23,24)15-18-8-6-7-11-22(18)26-20-9-4-3-5-10-20/h3-14H,15-16H2,1-2H3. The first kappa shape index (κ1) is 19.0. The molecule has 0 saturated heterocycles. The monoisotopic (exact) mass is 382 g/mol. The number of rotatable bonds is 7. The molecule has 0 spiro atoms. The third-order valence-corrected chi connectivity index (χ3v) is 5.63. The third-order valence-electron chi connectivity index (χ3n) is 4.13. The summed E-state index contributed by atoms with van der Waals surface area (Å²) in [5.41, 5.74) is 2.29. The van der Waals surface area contributed by atoms with Gasteiger partial charge in [-0.25, -0.2) is 8.42 Å². The minimum atomic E-state index is -3.41. The van der Waals surface area contributed by atoms with E-state index in [-0.39, 0.29) is 11.5 Å². The van der Waals surface area contributed by atoms with E-state index in [1.165, 1.54) is 0 Å². The maximum absolute atomic E-state index is 12.8. The zero-order valence-electron chi connectivity index (χ0n) is 15.4. The first-order valence-corrected chi connectivity index (χ1v) is 10.4. The Morgan fingerprint density at radius 2 is 1.44 bits per heavy atom. The van der Waals surface area contributed by atoms with Gasteiger partial charge in [0.1, 0.15) is 17.2 Å². The van der Waals surface area contributed by atoms with Crippen molar-refractivity contribution in [3.63, 3.8) is 0 Å². The molecule has 0 amide bonds. The number of hydrogen-bond acceptors (Lipinski definition) is 4. The Morgan fingerprint density at radius 1 is 0.778 bits per heavy atom. The molecule has 0 saturated carbocycles. The molecular formula is C22H22O4S. The van der Waals surface area contributed by atoms with Gasteiger partial charge in [-0.3, -0.25) is 0 Å². The average molecular weight is 382 g/mol. The van der Waals surface area contributed by atoms with Gasteiger partial charge in [0, 0.05) is 11.1 Å². The third kappa shape index (κ3) is 5.11. The van der Waals surface area contributed by atoms with Crippen LogP contribution < -0.4 is 9.47 Å². The Hall–Kier alpha value is -2.79. The molecule has 0 aliphatic rings. The maximum Gasteiger partial charge on any atom is 0.158 e. The molecule has 3 aromatic carbocycles. The number of sulfone groups is 1. The van der Waals surface area contributed by atoms with Crippen LogP contribution >= 0.6 is 0 Å². The van der Waals surface area contributed by atoms with Crippen molar-refractivity contribution in [1.29, 1.82) is 0 Å². The Balaban J connectivity index is 1.83. The van der Waals surface area contributed by atoms with Crippen molar-refractivity contribution in [3.05, 3.63) is 89.5 Å². The van der Waals surface area contributed by atoms with Crippen LogP contribution in [0.2, 0.25) is 0 Å². The highest BCUT2D eigenvalue weighted by Gasteiger charge is 2.19. The Morgan fingerprint density at radius 3 is 2.19 bits per heavy atom. The van der Waals surface area contributed by atoms with Crippen molar-refractivity contribution < 1.29 is 17.9 Å².